The molecule has 3 rings (SSSR count). The number of halogens is 2. The number of nitrogens with one attached hydrogen (secondary N) is 1. The molecule has 0 atom stereocenters. The molecule has 12 heteroatoms. The number of hydrogen-bond acceptors (Lipinski definition) is 5. The van der Waals surface area contributed by atoms with Crippen molar-refractivity contribution in [1.29, 1.82) is 0 Å². The first-order valence-electron chi connectivity index (χ1n) is 11.2. The molecule has 1 N–H and O–H groups in total. The van der Waals surface area contributed by atoms with Gasteiger partial charge in [0.05, 0.1) is 16.5 Å². The molecule has 3 aromatic rings. The van der Waals surface area contributed by atoms with Crippen LogP contribution in [0.5, 0.6) is 0 Å². The molecule has 0 fully saturated rings. The molecule has 1 amide bonds. The Labute approximate surface area is 227 Å². The zero-order chi connectivity index (χ0) is 27.2. The van der Waals surface area contributed by atoms with Crippen LogP contribution in [0.15, 0.2) is 82.6 Å². The maximum atomic E-state index is 13.5. The highest BCUT2D eigenvalue weighted by atomic mass is 35.5. The lowest BCUT2D eigenvalue weighted by atomic mass is 10.1. The molecule has 0 radical (unpaired) electrons. The Balaban J connectivity index is 1.75. The predicted octanol–water partition coefficient (Wildman–Crippen LogP) is 3.79. The number of rotatable bonds is 11. The van der Waals surface area contributed by atoms with Crippen LogP contribution in [0, 0.1) is 0 Å². The van der Waals surface area contributed by atoms with Gasteiger partial charge in [-0.3, -0.25) is 4.79 Å². The third-order valence-corrected chi connectivity index (χ3v) is 9.91. The second-order valence-electron chi connectivity index (χ2n) is 8.36. The second kappa shape index (κ2) is 12.4. The Morgan fingerprint density at radius 2 is 1.49 bits per heavy atom. The minimum absolute atomic E-state index is 0.00212. The van der Waals surface area contributed by atoms with Gasteiger partial charge in [-0.25, -0.2) is 21.1 Å². The highest BCUT2D eigenvalue weighted by Gasteiger charge is 2.29. The quantitative estimate of drug-likeness (QED) is 0.370. The van der Waals surface area contributed by atoms with Crippen molar-refractivity contribution in [2.75, 3.05) is 27.2 Å². The van der Waals surface area contributed by atoms with Gasteiger partial charge in [0.1, 0.15) is 4.90 Å². The molecular weight excluding hydrogens is 557 g/mol. The molecule has 0 saturated heterocycles. The summed E-state index contributed by atoms with van der Waals surface area (Å²) in [7, 11) is -4.83. The number of amides is 1. The first kappa shape index (κ1) is 29.1. The summed E-state index contributed by atoms with van der Waals surface area (Å²) >= 11 is 12.2. The maximum Gasteiger partial charge on any atom is 0.245 e. The minimum Gasteiger partial charge on any atom is -0.351 e. The summed E-state index contributed by atoms with van der Waals surface area (Å²) in [6.45, 7) is -0.309. The number of carbonyl (C=O) groups is 1. The van der Waals surface area contributed by atoms with Crippen LogP contribution in [0.4, 0.5) is 0 Å². The second-order valence-corrected chi connectivity index (χ2v) is 13.3. The van der Waals surface area contributed by atoms with Crippen LogP contribution in [0.25, 0.3) is 0 Å². The van der Waals surface area contributed by atoms with E-state index in [-0.39, 0.29) is 32.9 Å². The van der Waals surface area contributed by atoms with Gasteiger partial charge in [-0.15, -0.1) is 0 Å². The van der Waals surface area contributed by atoms with E-state index in [4.69, 9.17) is 23.2 Å². The Morgan fingerprint density at radius 1 is 0.838 bits per heavy atom. The predicted molar refractivity (Wildman–Crippen MR) is 145 cm³/mol. The molecule has 0 bridgehead atoms. The van der Waals surface area contributed by atoms with Crippen molar-refractivity contribution in [2.45, 2.75) is 22.8 Å². The number of carbonyl (C=O) groups excluding carboxylic acids is 1. The fourth-order valence-corrected chi connectivity index (χ4v) is 6.44. The normalized spacial score (nSPS) is 12.2. The van der Waals surface area contributed by atoms with E-state index in [1.165, 1.54) is 44.4 Å². The van der Waals surface area contributed by atoms with E-state index < -0.39 is 32.5 Å². The Hall–Kier alpha value is -2.47. The van der Waals surface area contributed by atoms with Crippen molar-refractivity contribution in [3.05, 3.63) is 94.0 Å². The topological polar surface area (TPSA) is 104 Å². The van der Waals surface area contributed by atoms with Gasteiger partial charge in [0, 0.05) is 32.2 Å². The molecule has 0 aliphatic heterocycles. The molecule has 0 heterocycles. The van der Waals surface area contributed by atoms with E-state index >= 15 is 0 Å². The first-order chi connectivity index (χ1) is 17.4. The fourth-order valence-electron chi connectivity index (χ4n) is 3.40. The van der Waals surface area contributed by atoms with Gasteiger partial charge in [-0.2, -0.15) is 4.31 Å². The summed E-state index contributed by atoms with van der Waals surface area (Å²) in [5.74, 6) is -0.528. The van der Waals surface area contributed by atoms with Crippen molar-refractivity contribution >= 4 is 49.2 Å². The van der Waals surface area contributed by atoms with Crippen molar-refractivity contribution < 1.29 is 21.6 Å². The number of benzene rings is 3. The molecular formula is C25H27Cl2N3O5S2. The Kier molecular flexibility index (Phi) is 9.74. The maximum absolute atomic E-state index is 13.5. The van der Waals surface area contributed by atoms with Crippen LogP contribution in [0.2, 0.25) is 10.0 Å². The van der Waals surface area contributed by atoms with Gasteiger partial charge in [0.25, 0.3) is 0 Å². The molecule has 0 spiro atoms. The summed E-state index contributed by atoms with van der Waals surface area (Å²) in [6.07, 6.45) is 0.382. The molecule has 37 heavy (non-hydrogen) atoms. The fraction of sp³-hybridized carbons (Fsp3) is 0.240. The summed E-state index contributed by atoms with van der Waals surface area (Å²) in [6, 6.07) is 19.5. The molecule has 0 aliphatic carbocycles. The van der Waals surface area contributed by atoms with Crippen molar-refractivity contribution in [2.24, 2.45) is 0 Å². The van der Waals surface area contributed by atoms with Gasteiger partial charge >= 0.3 is 0 Å². The van der Waals surface area contributed by atoms with Crippen LogP contribution in [0.3, 0.4) is 0 Å². The summed E-state index contributed by atoms with van der Waals surface area (Å²) in [4.78, 5) is 12.8. The van der Waals surface area contributed by atoms with Gasteiger partial charge in [-0.1, -0.05) is 65.7 Å². The molecule has 3 aromatic carbocycles. The number of nitrogens with zero attached hydrogens (tertiary/aromatic N) is 2. The van der Waals surface area contributed by atoms with E-state index in [0.29, 0.717) is 12.0 Å². The standard InChI is InChI=1S/C25H27Cl2N3O5S2/c1-29(2)36(32,33)22-11-8-20(9-12-22)17-28-25(31)18-30(15-14-19-6-4-3-5-7-19)37(34,35)24-16-21(26)10-13-23(24)27/h3-13,16H,14-15,17-18H2,1-2H3,(H,28,31). The third kappa shape index (κ3) is 7.53. The highest BCUT2D eigenvalue weighted by molar-refractivity contribution is 7.89. The Bertz CT molecular complexity index is 1450. The van der Waals surface area contributed by atoms with Crippen LogP contribution in [-0.2, 0) is 37.8 Å². The van der Waals surface area contributed by atoms with Gasteiger partial charge in [0.2, 0.25) is 26.0 Å². The van der Waals surface area contributed by atoms with E-state index in [1.54, 1.807) is 12.1 Å². The Morgan fingerprint density at radius 3 is 2.11 bits per heavy atom. The van der Waals surface area contributed by atoms with E-state index in [9.17, 15) is 21.6 Å². The monoisotopic (exact) mass is 583 g/mol. The molecule has 0 aromatic heterocycles. The summed E-state index contributed by atoms with van der Waals surface area (Å²) < 4.78 is 53.6. The zero-order valence-electron chi connectivity index (χ0n) is 20.3. The highest BCUT2D eigenvalue weighted by Crippen LogP contribution is 2.28. The number of sulfonamides is 2. The van der Waals surface area contributed by atoms with Gasteiger partial charge < -0.3 is 5.32 Å². The lowest BCUT2D eigenvalue weighted by Crippen LogP contribution is -2.41. The van der Waals surface area contributed by atoms with Gasteiger partial charge in [0.15, 0.2) is 0 Å². The summed E-state index contributed by atoms with van der Waals surface area (Å²) in [5, 5.41) is 2.90. The number of hydrogen-bond donors (Lipinski definition) is 1. The smallest absolute Gasteiger partial charge is 0.245 e. The summed E-state index contributed by atoms with van der Waals surface area (Å²) in [5.41, 5.74) is 1.57. The van der Waals surface area contributed by atoms with Gasteiger partial charge in [-0.05, 0) is 47.9 Å². The minimum atomic E-state index is -4.15. The van der Waals surface area contributed by atoms with Crippen LogP contribution >= 0.6 is 23.2 Å². The molecule has 0 aliphatic rings. The van der Waals surface area contributed by atoms with Crippen molar-refractivity contribution in [3.63, 3.8) is 0 Å². The largest absolute Gasteiger partial charge is 0.351 e. The van der Waals surface area contributed by atoms with E-state index in [2.05, 4.69) is 5.32 Å². The first-order valence-corrected chi connectivity index (χ1v) is 14.8. The van der Waals surface area contributed by atoms with E-state index in [0.717, 1.165) is 14.2 Å². The van der Waals surface area contributed by atoms with E-state index in [1.807, 2.05) is 30.3 Å². The van der Waals surface area contributed by atoms with Crippen molar-refractivity contribution in [1.82, 2.24) is 13.9 Å². The van der Waals surface area contributed by atoms with Crippen LogP contribution in [-0.4, -0.2) is 58.5 Å². The molecule has 8 nitrogen and oxygen atoms in total. The average molecular weight is 585 g/mol. The molecule has 198 valence electrons. The lowest BCUT2D eigenvalue weighted by Gasteiger charge is -2.22. The zero-order valence-corrected chi connectivity index (χ0v) is 23.4. The SMILES string of the molecule is CN(C)S(=O)(=O)c1ccc(CNC(=O)CN(CCc2ccccc2)S(=O)(=O)c2cc(Cl)ccc2Cl)cc1. The molecule has 0 unspecified atom stereocenters. The lowest BCUT2D eigenvalue weighted by molar-refractivity contribution is -0.121. The van der Waals surface area contributed by atoms with Crippen LogP contribution < -0.4 is 5.32 Å². The van der Waals surface area contributed by atoms with Crippen molar-refractivity contribution in [3.8, 4) is 0 Å². The van der Waals surface area contributed by atoms with Crippen LogP contribution in [0.1, 0.15) is 11.1 Å². The molecule has 0 saturated carbocycles. The third-order valence-electron chi connectivity index (χ3n) is 5.52. The average Bonchev–Trinajstić information content (AvgIpc) is 2.87.